The number of ether oxygens (including phenoxy) is 4. The third kappa shape index (κ3) is 9.05. The highest BCUT2D eigenvalue weighted by molar-refractivity contribution is 5.79. The molecule has 0 radical (unpaired) electrons. The van der Waals surface area contributed by atoms with Crippen molar-refractivity contribution in [1.29, 1.82) is 0 Å². The zero-order valence-electron chi connectivity index (χ0n) is 20.7. The van der Waals surface area contributed by atoms with E-state index in [9.17, 15) is 19.2 Å². The average Bonchev–Trinajstić information content (AvgIpc) is 3.58. The fourth-order valence-electron chi connectivity index (χ4n) is 3.79. The molecule has 0 aliphatic carbocycles. The predicted molar refractivity (Wildman–Crippen MR) is 134 cm³/mol. The number of benzene rings is 2. The van der Waals surface area contributed by atoms with E-state index in [0.29, 0.717) is 0 Å². The Labute approximate surface area is 219 Å². The molecule has 6 N–H and O–H groups in total. The van der Waals surface area contributed by atoms with Crippen LogP contribution < -0.4 is 22.1 Å². The topological polar surface area (TPSA) is 181 Å². The maximum atomic E-state index is 11.6. The molecule has 2 saturated heterocycles. The smallest absolute Gasteiger partial charge is 0.407 e. The molecular weight excluding hydrogens is 496 g/mol. The van der Waals surface area contributed by atoms with Gasteiger partial charge in [0.2, 0.25) is 11.8 Å². The van der Waals surface area contributed by atoms with E-state index >= 15 is 0 Å². The van der Waals surface area contributed by atoms with E-state index in [2.05, 4.69) is 10.6 Å². The van der Waals surface area contributed by atoms with Crippen LogP contribution in [0.5, 0.6) is 0 Å². The van der Waals surface area contributed by atoms with Gasteiger partial charge in [-0.25, -0.2) is 9.59 Å². The molecular formula is C26H32N4O8. The normalized spacial score (nSPS) is 21.9. The van der Waals surface area contributed by atoms with Crippen molar-refractivity contribution in [3.63, 3.8) is 0 Å². The first kappa shape index (κ1) is 28.4. The van der Waals surface area contributed by atoms with Crippen LogP contribution in [0.15, 0.2) is 60.7 Å². The molecule has 12 heteroatoms. The SMILES string of the molecule is NC(=O)[C@@H]1COC[C@@H]1NC(=O)OCc1ccccc1.NC(=O)[C@H]1COC[C@H]1NC(=O)OCc1ccccc1. The Balaban J connectivity index is 0.000000211. The summed E-state index contributed by atoms with van der Waals surface area (Å²) in [5.74, 6) is -1.95. The van der Waals surface area contributed by atoms with Crippen LogP contribution in [-0.2, 0) is 41.8 Å². The highest BCUT2D eigenvalue weighted by atomic mass is 16.6. The number of carbonyl (C=O) groups is 4. The van der Waals surface area contributed by atoms with Crippen LogP contribution >= 0.6 is 0 Å². The Hall–Kier alpha value is -4.16. The quantitative estimate of drug-likeness (QED) is 0.388. The molecule has 0 spiro atoms. The molecule has 0 saturated carbocycles. The number of nitrogens with two attached hydrogens (primary N) is 2. The Morgan fingerprint density at radius 3 is 1.37 bits per heavy atom. The van der Waals surface area contributed by atoms with Crippen molar-refractivity contribution in [3.8, 4) is 0 Å². The zero-order valence-corrected chi connectivity index (χ0v) is 20.7. The van der Waals surface area contributed by atoms with Crippen molar-refractivity contribution in [3.05, 3.63) is 71.8 Å². The third-order valence-electron chi connectivity index (χ3n) is 5.92. The van der Waals surface area contributed by atoms with Gasteiger partial charge in [0.25, 0.3) is 0 Å². The minimum atomic E-state index is -0.578. The summed E-state index contributed by atoms with van der Waals surface area (Å²) in [5, 5.41) is 5.19. The van der Waals surface area contributed by atoms with E-state index in [0.717, 1.165) is 11.1 Å². The second-order valence-corrected chi connectivity index (χ2v) is 8.72. The largest absolute Gasteiger partial charge is 0.445 e. The van der Waals surface area contributed by atoms with Crippen molar-refractivity contribution in [2.45, 2.75) is 25.3 Å². The van der Waals surface area contributed by atoms with Gasteiger partial charge in [0.05, 0.1) is 50.3 Å². The van der Waals surface area contributed by atoms with Crippen LogP contribution in [0.4, 0.5) is 9.59 Å². The van der Waals surface area contributed by atoms with E-state index in [1.165, 1.54) is 0 Å². The molecule has 0 unspecified atom stereocenters. The molecule has 4 atom stereocenters. The van der Waals surface area contributed by atoms with Gasteiger partial charge in [0.1, 0.15) is 13.2 Å². The van der Waals surface area contributed by atoms with E-state index in [-0.39, 0.29) is 39.6 Å². The summed E-state index contributed by atoms with van der Waals surface area (Å²) < 4.78 is 20.4. The third-order valence-corrected chi connectivity index (χ3v) is 5.92. The van der Waals surface area contributed by atoms with Crippen molar-refractivity contribution >= 4 is 24.0 Å². The van der Waals surface area contributed by atoms with Crippen LogP contribution in [0.3, 0.4) is 0 Å². The van der Waals surface area contributed by atoms with Crippen LogP contribution in [0, 0.1) is 11.8 Å². The first-order valence-electron chi connectivity index (χ1n) is 12.0. The van der Waals surface area contributed by atoms with Gasteiger partial charge >= 0.3 is 12.2 Å². The molecule has 38 heavy (non-hydrogen) atoms. The standard InChI is InChI=1S/2C13H16N2O4/c2*14-12(16)10-7-18-8-11(10)15-13(17)19-6-9-4-2-1-3-5-9/h2*1-5,10-11H,6-8H2,(H2,14,16)(H,15,17)/t2*10-,11+/m10/s1. The van der Waals surface area contributed by atoms with Crippen molar-refractivity contribution in [2.24, 2.45) is 23.3 Å². The number of nitrogens with one attached hydrogen (secondary N) is 2. The van der Waals surface area contributed by atoms with Crippen molar-refractivity contribution in [2.75, 3.05) is 26.4 Å². The maximum absolute atomic E-state index is 11.6. The van der Waals surface area contributed by atoms with Crippen molar-refractivity contribution in [1.82, 2.24) is 10.6 Å². The van der Waals surface area contributed by atoms with Gasteiger partial charge in [-0.1, -0.05) is 60.7 Å². The first-order valence-corrected chi connectivity index (χ1v) is 12.0. The van der Waals surface area contributed by atoms with E-state index < -0.39 is 47.9 Å². The molecule has 4 rings (SSSR count). The lowest BCUT2D eigenvalue weighted by Crippen LogP contribution is -2.44. The summed E-state index contributed by atoms with van der Waals surface area (Å²) in [7, 11) is 0. The number of hydrogen-bond donors (Lipinski definition) is 4. The van der Waals surface area contributed by atoms with Crippen LogP contribution in [-0.4, -0.2) is 62.5 Å². The monoisotopic (exact) mass is 528 g/mol. The zero-order chi connectivity index (χ0) is 27.3. The Bertz CT molecular complexity index is 984. The fraction of sp³-hybridized carbons (Fsp3) is 0.385. The van der Waals surface area contributed by atoms with Gasteiger partial charge in [0.15, 0.2) is 0 Å². The Morgan fingerprint density at radius 2 is 1.03 bits per heavy atom. The Morgan fingerprint density at radius 1 is 0.658 bits per heavy atom. The minimum absolute atomic E-state index is 0.182. The predicted octanol–water partition coefficient (Wildman–Crippen LogP) is 0.826. The number of primary amides is 2. The van der Waals surface area contributed by atoms with E-state index in [1.54, 1.807) is 0 Å². The number of carbonyl (C=O) groups excluding carboxylic acids is 4. The number of hydrogen-bond acceptors (Lipinski definition) is 8. The first-order chi connectivity index (χ1) is 18.3. The second-order valence-electron chi connectivity index (χ2n) is 8.72. The second kappa shape index (κ2) is 14.5. The lowest BCUT2D eigenvalue weighted by molar-refractivity contribution is -0.123. The lowest BCUT2D eigenvalue weighted by atomic mass is 10.0. The molecule has 0 aromatic heterocycles. The maximum Gasteiger partial charge on any atom is 0.407 e. The number of amides is 4. The van der Waals surface area contributed by atoms with Crippen LogP contribution in [0.25, 0.3) is 0 Å². The lowest BCUT2D eigenvalue weighted by Gasteiger charge is -2.16. The Kier molecular flexibility index (Phi) is 10.9. The van der Waals surface area contributed by atoms with Gasteiger partial charge in [-0.05, 0) is 11.1 Å². The number of alkyl carbamates (subject to hydrolysis) is 2. The fourth-order valence-corrected chi connectivity index (χ4v) is 3.79. The molecule has 2 aromatic rings. The molecule has 204 valence electrons. The van der Waals surface area contributed by atoms with Crippen molar-refractivity contribution < 1.29 is 38.1 Å². The summed E-state index contributed by atoms with van der Waals surface area (Å²) >= 11 is 0. The molecule has 12 nitrogen and oxygen atoms in total. The number of rotatable bonds is 8. The molecule has 0 bridgehead atoms. The highest BCUT2D eigenvalue weighted by Gasteiger charge is 2.35. The van der Waals surface area contributed by atoms with Gasteiger partial charge < -0.3 is 41.0 Å². The average molecular weight is 529 g/mol. The molecule has 4 amide bonds. The minimum Gasteiger partial charge on any atom is -0.445 e. The molecule has 2 heterocycles. The molecule has 2 fully saturated rings. The van der Waals surface area contributed by atoms with Gasteiger partial charge in [-0.2, -0.15) is 0 Å². The molecule has 2 aromatic carbocycles. The van der Waals surface area contributed by atoms with E-state index in [1.807, 2.05) is 60.7 Å². The van der Waals surface area contributed by atoms with Crippen LogP contribution in [0.1, 0.15) is 11.1 Å². The van der Waals surface area contributed by atoms with E-state index in [4.69, 9.17) is 30.4 Å². The van der Waals surface area contributed by atoms with Gasteiger partial charge in [-0.15, -0.1) is 0 Å². The van der Waals surface area contributed by atoms with Gasteiger partial charge in [0, 0.05) is 0 Å². The summed E-state index contributed by atoms with van der Waals surface area (Å²) in [6.07, 6.45) is -1.16. The summed E-state index contributed by atoms with van der Waals surface area (Å²) in [4.78, 5) is 45.4. The highest BCUT2D eigenvalue weighted by Crippen LogP contribution is 2.14. The van der Waals surface area contributed by atoms with Crippen LogP contribution in [0.2, 0.25) is 0 Å². The molecule has 2 aliphatic rings. The summed E-state index contributed by atoms with van der Waals surface area (Å²) in [6, 6.07) is 17.8. The summed E-state index contributed by atoms with van der Waals surface area (Å²) in [5.41, 5.74) is 12.2. The molecule has 2 aliphatic heterocycles. The van der Waals surface area contributed by atoms with Gasteiger partial charge in [-0.3, -0.25) is 9.59 Å². The summed E-state index contributed by atoms with van der Waals surface area (Å²) in [6.45, 7) is 1.38.